The third-order valence-electron chi connectivity index (χ3n) is 4.07. The highest BCUT2D eigenvalue weighted by Gasteiger charge is 2.39. The van der Waals surface area contributed by atoms with Crippen LogP contribution in [0.3, 0.4) is 0 Å². The van der Waals surface area contributed by atoms with Crippen molar-refractivity contribution in [2.75, 3.05) is 7.05 Å². The molecule has 0 bridgehead atoms. The maximum absolute atomic E-state index is 11.1. The van der Waals surface area contributed by atoms with Crippen molar-refractivity contribution < 1.29 is 4.79 Å². The monoisotopic (exact) mass is 225 g/mol. The van der Waals surface area contributed by atoms with Gasteiger partial charge >= 0.3 is 0 Å². The minimum absolute atomic E-state index is 0.348. The van der Waals surface area contributed by atoms with E-state index in [1.54, 1.807) is 6.92 Å². The third-order valence-corrected chi connectivity index (χ3v) is 4.07. The first kappa shape index (κ1) is 13.7. The summed E-state index contributed by atoms with van der Waals surface area (Å²) in [5, 5.41) is 0. The van der Waals surface area contributed by atoms with Gasteiger partial charge in [0.25, 0.3) is 0 Å². The van der Waals surface area contributed by atoms with E-state index in [9.17, 15) is 4.79 Å². The lowest BCUT2D eigenvalue weighted by atomic mass is 9.84. The molecule has 0 amide bonds. The first-order chi connectivity index (χ1) is 7.68. The minimum Gasteiger partial charge on any atom is -0.300 e. The van der Waals surface area contributed by atoms with E-state index >= 15 is 0 Å². The Hall–Kier alpha value is -0.370. The van der Waals surface area contributed by atoms with Crippen LogP contribution < -0.4 is 0 Å². The van der Waals surface area contributed by atoms with Gasteiger partial charge in [-0.05, 0) is 39.2 Å². The van der Waals surface area contributed by atoms with Gasteiger partial charge in [-0.1, -0.05) is 26.7 Å². The zero-order valence-electron chi connectivity index (χ0n) is 11.3. The fourth-order valence-electron chi connectivity index (χ4n) is 3.34. The van der Waals surface area contributed by atoms with Gasteiger partial charge in [-0.2, -0.15) is 0 Å². The quantitative estimate of drug-likeness (QED) is 0.719. The number of fused-ring (bicyclic) bond motifs is 1. The number of Topliss-reactive ketones (excluding diaryl/α,β-unsaturated/α-hetero) is 1. The fourth-order valence-corrected chi connectivity index (χ4v) is 3.34. The normalized spacial score (nSPS) is 33.9. The van der Waals surface area contributed by atoms with Crippen LogP contribution in [-0.2, 0) is 4.79 Å². The molecule has 0 spiro atoms. The zero-order chi connectivity index (χ0) is 12.1. The predicted octanol–water partition coefficient (Wildman–Crippen LogP) is 3.25. The van der Waals surface area contributed by atoms with E-state index in [0.717, 1.165) is 18.4 Å². The molecule has 0 radical (unpaired) electrons. The van der Waals surface area contributed by atoms with E-state index in [2.05, 4.69) is 11.9 Å². The first-order valence-electron chi connectivity index (χ1n) is 6.90. The van der Waals surface area contributed by atoms with Crippen molar-refractivity contribution >= 4 is 5.78 Å². The summed E-state index contributed by atoms with van der Waals surface area (Å²) in [5.74, 6) is 1.23. The Balaban J connectivity index is 0.000000606. The van der Waals surface area contributed by atoms with Crippen molar-refractivity contribution in [3.05, 3.63) is 0 Å². The Bertz CT molecular complexity index is 227. The van der Waals surface area contributed by atoms with Gasteiger partial charge in [0.15, 0.2) is 0 Å². The van der Waals surface area contributed by atoms with E-state index in [4.69, 9.17) is 0 Å². The Morgan fingerprint density at radius 1 is 1.25 bits per heavy atom. The number of hydrogen-bond acceptors (Lipinski definition) is 2. The Morgan fingerprint density at radius 3 is 2.44 bits per heavy atom. The van der Waals surface area contributed by atoms with E-state index in [0.29, 0.717) is 11.8 Å². The fraction of sp³-hybridized carbons (Fsp3) is 0.929. The molecule has 1 saturated carbocycles. The molecular formula is C14H27NO. The van der Waals surface area contributed by atoms with Crippen LogP contribution in [0.1, 0.15) is 59.3 Å². The van der Waals surface area contributed by atoms with Crippen LogP contribution in [0.4, 0.5) is 0 Å². The molecule has 3 atom stereocenters. The van der Waals surface area contributed by atoms with Crippen molar-refractivity contribution in [1.29, 1.82) is 0 Å². The predicted molar refractivity (Wildman–Crippen MR) is 68.6 cm³/mol. The minimum atomic E-state index is 0.348. The second kappa shape index (κ2) is 6.39. The summed E-state index contributed by atoms with van der Waals surface area (Å²) in [7, 11) is 2.21. The molecule has 2 rings (SSSR count). The molecule has 1 aliphatic carbocycles. The Morgan fingerprint density at radius 2 is 1.88 bits per heavy atom. The molecule has 3 unspecified atom stereocenters. The van der Waals surface area contributed by atoms with E-state index in [1.807, 2.05) is 13.8 Å². The molecule has 0 aromatic heterocycles. The summed E-state index contributed by atoms with van der Waals surface area (Å²) in [4.78, 5) is 13.6. The molecule has 1 heterocycles. The zero-order valence-corrected chi connectivity index (χ0v) is 11.3. The second-order valence-corrected chi connectivity index (χ2v) is 5.07. The summed E-state index contributed by atoms with van der Waals surface area (Å²) >= 11 is 0. The standard InChI is InChI=1S/C12H21NO.C2H6/c1-9(14)7-11-8-10-5-3-4-6-12(10)13(11)2;1-2/h10-12H,3-8H2,1-2H3;1-2H3. The van der Waals surface area contributed by atoms with Crippen LogP contribution in [0.25, 0.3) is 0 Å². The van der Waals surface area contributed by atoms with Crippen molar-refractivity contribution in [2.24, 2.45) is 5.92 Å². The molecule has 0 aromatic carbocycles. The Labute approximate surface area is 100 Å². The summed E-state index contributed by atoms with van der Waals surface area (Å²) in [6.07, 6.45) is 7.57. The van der Waals surface area contributed by atoms with Crippen LogP contribution >= 0.6 is 0 Å². The molecule has 0 aromatic rings. The molecule has 2 fully saturated rings. The first-order valence-corrected chi connectivity index (χ1v) is 6.90. The highest BCUT2D eigenvalue weighted by Crippen LogP contribution is 2.39. The van der Waals surface area contributed by atoms with Crippen molar-refractivity contribution in [3.8, 4) is 0 Å². The van der Waals surface area contributed by atoms with Crippen LogP contribution in [0.2, 0.25) is 0 Å². The number of carbonyl (C=O) groups is 1. The van der Waals surface area contributed by atoms with Crippen molar-refractivity contribution in [3.63, 3.8) is 0 Å². The molecule has 0 N–H and O–H groups in total. The lowest BCUT2D eigenvalue weighted by Crippen LogP contribution is -2.36. The van der Waals surface area contributed by atoms with Crippen LogP contribution in [-0.4, -0.2) is 29.8 Å². The van der Waals surface area contributed by atoms with Gasteiger partial charge in [-0.15, -0.1) is 0 Å². The topological polar surface area (TPSA) is 20.3 Å². The number of hydrogen-bond donors (Lipinski definition) is 0. The highest BCUT2D eigenvalue weighted by molar-refractivity contribution is 5.76. The van der Waals surface area contributed by atoms with Crippen molar-refractivity contribution in [2.45, 2.75) is 71.4 Å². The van der Waals surface area contributed by atoms with E-state index < -0.39 is 0 Å². The maximum Gasteiger partial charge on any atom is 0.131 e. The number of ketones is 1. The van der Waals surface area contributed by atoms with Crippen LogP contribution in [0, 0.1) is 5.92 Å². The van der Waals surface area contributed by atoms with Crippen LogP contribution in [0.15, 0.2) is 0 Å². The molecule has 1 aliphatic heterocycles. The molecule has 2 aliphatic rings. The SMILES string of the molecule is CC.CC(=O)CC1CC2CCCCC2N1C. The summed E-state index contributed by atoms with van der Waals surface area (Å²) in [6, 6.07) is 1.33. The summed E-state index contributed by atoms with van der Waals surface area (Å²) < 4.78 is 0. The van der Waals surface area contributed by atoms with Gasteiger partial charge in [0.2, 0.25) is 0 Å². The molecule has 94 valence electrons. The van der Waals surface area contributed by atoms with E-state index in [-0.39, 0.29) is 0 Å². The number of likely N-dealkylation sites (tertiary alicyclic amines) is 1. The number of rotatable bonds is 2. The third kappa shape index (κ3) is 3.07. The van der Waals surface area contributed by atoms with Crippen LogP contribution in [0.5, 0.6) is 0 Å². The lowest BCUT2D eigenvalue weighted by Gasteiger charge is -2.30. The molecule has 2 nitrogen and oxygen atoms in total. The summed E-state index contributed by atoms with van der Waals surface area (Å²) in [5.41, 5.74) is 0. The average molecular weight is 225 g/mol. The van der Waals surface area contributed by atoms with Gasteiger partial charge in [-0.3, -0.25) is 9.69 Å². The molecule has 2 heteroatoms. The lowest BCUT2D eigenvalue weighted by molar-refractivity contribution is -0.118. The van der Waals surface area contributed by atoms with Crippen molar-refractivity contribution in [1.82, 2.24) is 4.90 Å². The van der Waals surface area contributed by atoms with Gasteiger partial charge in [0, 0.05) is 18.5 Å². The van der Waals surface area contributed by atoms with Gasteiger partial charge < -0.3 is 0 Å². The Kier molecular flexibility index (Phi) is 5.47. The molecular weight excluding hydrogens is 198 g/mol. The molecule has 1 saturated heterocycles. The number of carbonyl (C=O) groups excluding carboxylic acids is 1. The van der Waals surface area contributed by atoms with E-state index in [1.165, 1.54) is 32.1 Å². The average Bonchev–Trinajstić information content (AvgIpc) is 2.59. The number of nitrogens with zero attached hydrogens (tertiary/aromatic N) is 1. The molecule has 16 heavy (non-hydrogen) atoms. The second-order valence-electron chi connectivity index (χ2n) is 5.07. The summed E-state index contributed by atoms with van der Waals surface area (Å²) in [6.45, 7) is 5.72. The van der Waals surface area contributed by atoms with Gasteiger partial charge in [0.1, 0.15) is 5.78 Å². The van der Waals surface area contributed by atoms with Gasteiger partial charge in [0.05, 0.1) is 0 Å². The van der Waals surface area contributed by atoms with Gasteiger partial charge in [-0.25, -0.2) is 0 Å². The smallest absolute Gasteiger partial charge is 0.131 e. The maximum atomic E-state index is 11.1. The highest BCUT2D eigenvalue weighted by atomic mass is 16.1. The largest absolute Gasteiger partial charge is 0.300 e.